The normalized spacial score (nSPS) is 11.0. The van der Waals surface area contributed by atoms with E-state index in [0.717, 1.165) is 16.7 Å². The van der Waals surface area contributed by atoms with E-state index < -0.39 is 0 Å². The van der Waals surface area contributed by atoms with Crippen LogP contribution in [0.1, 0.15) is 22.3 Å². The molecule has 128 valence electrons. The van der Waals surface area contributed by atoms with Crippen molar-refractivity contribution >= 4 is 18.2 Å². The average Bonchev–Trinajstić information content (AvgIpc) is 2.62. The number of rotatable bonds is 5. The first-order valence-corrected chi connectivity index (χ1v) is 7.83. The standard InChI is InChI=1S/C20H19N3O.ClH/c21-19(23-14-16-9-5-2-6-10-16)18-17(11-12-22-20(18)24)13-15-7-3-1-4-8-15;/h1-12H,13-14H2,(H2,21,23)(H,22,24);1H. The van der Waals surface area contributed by atoms with E-state index in [4.69, 9.17) is 5.73 Å². The molecular formula is C20H20ClN3O. The number of aliphatic imine (C=N–C) groups is 1. The average molecular weight is 354 g/mol. The van der Waals surface area contributed by atoms with Gasteiger partial charge in [0, 0.05) is 6.20 Å². The quantitative estimate of drug-likeness (QED) is 0.545. The fourth-order valence-electron chi connectivity index (χ4n) is 2.60. The molecule has 0 spiro atoms. The van der Waals surface area contributed by atoms with Crippen molar-refractivity contribution < 1.29 is 0 Å². The second-order valence-electron chi connectivity index (χ2n) is 5.56. The molecule has 3 rings (SSSR count). The fraction of sp³-hybridized carbons (Fsp3) is 0.100. The lowest BCUT2D eigenvalue weighted by atomic mass is 10.0. The van der Waals surface area contributed by atoms with Crippen molar-refractivity contribution in [1.29, 1.82) is 0 Å². The number of hydrogen-bond acceptors (Lipinski definition) is 2. The minimum Gasteiger partial charge on any atom is -0.383 e. The minimum absolute atomic E-state index is 0. The maximum atomic E-state index is 12.3. The highest BCUT2D eigenvalue weighted by Gasteiger charge is 2.11. The number of amidine groups is 1. The lowest BCUT2D eigenvalue weighted by molar-refractivity contribution is 1.05. The van der Waals surface area contributed by atoms with Gasteiger partial charge in [-0.05, 0) is 29.2 Å². The number of aromatic nitrogens is 1. The van der Waals surface area contributed by atoms with Crippen LogP contribution in [0.25, 0.3) is 0 Å². The fourth-order valence-corrected chi connectivity index (χ4v) is 2.60. The lowest BCUT2D eigenvalue weighted by Gasteiger charge is -2.08. The summed E-state index contributed by atoms with van der Waals surface area (Å²) in [5.74, 6) is 0.270. The van der Waals surface area contributed by atoms with E-state index in [1.54, 1.807) is 6.20 Å². The van der Waals surface area contributed by atoms with Crippen LogP contribution in [-0.4, -0.2) is 10.8 Å². The second-order valence-corrected chi connectivity index (χ2v) is 5.56. The van der Waals surface area contributed by atoms with E-state index in [0.29, 0.717) is 18.5 Å². The zero-order chi connectivity index (χ0) is 16.8. The highest BCUT2D eigenvalue weighted by Crippen LogP contribution is 2.11. The van der Waals surface area contributed by atoms with Gasteiger partial charge in [0.1, 0.15) is 5.84 Å². The first kappa shape index (κ1) is 18.5. The molecule has 1 heterocycles. The van der Waals surface area contributed by atoms with E-state index in [9.17, 15) is 4.79 Å². The third kappa shape index (κ3) is 4.81. The first-order valence-electron chi connectivity index (χ1n) is 7.83. The molecule has 0 aliphatic heterocycles. The van der Waals surface area contributed by atoms with Crippen LogP contribution in [-0.2, 0) is 13.0 Å². The van der Waals surface area contributed by atoms with Crippen LogP contribution in [0.5, 0.6) is 0 Å². The Morgan fingerprint density at radius 2 is 1.52 bits per heavy atom. The molecule has 0 fully saturated rings. The molecule has 3 aromatic rings. The molecule has 0 unspecified atom stereocenters. The maximum absolute atomic E-state index is 12.3. The van der Waals surface area contributed by atoms with Crippen molar-refractivity contribution in [3.05, 3.63) is 106 Å². The van der Waals surface area contributed by atoms with E-state index in [1.165, 1.54) is 0 Å². The van der Waals surface area contributed by atoms with Crippen LogP contribution in [0, 0.1) is 0 Å². The van der Waals surface area contributed by atoms with Crippen LogP contribution in [0.4, 0.5) is 0 Å². The molecule has 25 heavy (non-hydrogen) atoms. The molecule has 0 amide bonds. The number of nitrogens with zero attached hydrogens (tertiary/aromatic N) is 1. The first-order chi connectivity index (χ1) is 11.7. The summed E-state index contributed by atoms with van der Waals surface area (Å²) in [6.07, 6.45) is 2.29. The number of halogens is 1. The smallest absolute Gasteiger partial charge is 0.259 e. The SMILES string of the molecule is Cl.NC(=NCc1ccccc1)c1c(Cc2ccccc2)cc[nH]c1=O. The molecule has 0 saturated carbocycles. The van der Waals surface area contributed by atoms with Gasteiger partial charge in [0.05, 0.1) is 12.1 Å². The summed E-state index contributed by atoms with van der Waals surface area (Å²) in [6.45, 7) is 0.450. The predicted molar refractivity (Wildman–Crippen MR) is 104 cm³/mol. The molecule has 0 bridgehead atoms. The molecule has 2 aromatic carbocycles. The molecule has 4 nitrogen and oxygen atoms in total. The van der Waals surface area contributed by atoms with Crippen LogP contribution in [0.3, 0.4) is 0 Å². The molecule has 5 heteroatoms. The summed E-state index contributed by atoms with van der Waals surface area (Å²) in [6, 6.07) is 21.7. The second kappa shape index (κ2) is 8.85. The minimum atomic E-state index is -0.210. The molecule has 0 saturated heterocycles. The van der Waals surface area contributed by atoms with Crippen molar-refractivity contribution in [2.24, 2.45) is 10.7 Å². The maximum Gasteiger partial charge on any atom is 0.259 e. The van der Waals surface area contributed by atoms with Crippen molar-refractivity contribution in [1.82, 2.24) is 4.98 Å². The van der Waals surface area contributed by atoms with Crippen molar-refractivity contribution in [2.75, 3.05) is 0 Å². The number of benzene rings is 2. The Bertz CT molecular complexity index is 890. The van der Waals surface area contributed by atoms with Gasteiger partial charge >= 0.3 is 0 Å². The van der Waals surface area contributed by atoms with Crippen LogP contribution < -0.4 is 11.3 Å². The van der Waals surface area contributed by atoms with Gasteiger partial charge in [0.25, 0.3) is 5.56 Å². The Morgan fingerprint density at radius 1 is 0.920 bits per heavy atom. The Hall–Kier alpha value is -2.85. The third-order valence-corrected chi connectivity index (χ3v) is 3.82. The van der Waals surface area contributed by atoms with E-state index in [-0.39, 0.29) is 23.8 Å². The summed E-state index contributed by atoms with van der Waals surface area (Å²) < 4.78 is 0. The van der Waals surface area contributed by atoms with E-state index >= 15 is 0 Å². The Morgan fingerprint density at radius 3 is 2.16 bits per heavy atom. The van der Waals surface area contributed by atoms with Gasteiger partial charge in [0.15, 0.2) is 0 Å². The summed E-state index contributed by atoms with van der Waals surface area (Å²) in [7, 11) is 0. The lowest BCUT2D eigenvalue weighted by Crippen LogP contribution is -2.27. The highest BCUT2D eigenvalue weighted by atomic mass is 35.5. The number of hydrogen-bond donors (Lipinski definition) is 2. The monoisotopic (exact) mass is 353 g/mol. The largest absolute Gasteiger partial charge is 0.383 e. The van der Waals surface area contributed by atoms with Gasteiger partial charge in [-0.25, -0.2) is 0 Å². The molecule has 0 aliphatic rings. The molecule has 3 N–H and O–H groups in total. The van der Waals surface area contributed by atoms with Crippen LogP contribution in [0.2, 0.25) is 0 Å². The summed E-state index contributed by atoms with van der Waals surface area (Å²) >= 11 is 0. The van der Waals surface area contributed by atoms with Crippen molar-refractivity contribution in [2.45, 2.75) is 13.0 Å². The van der Waals surface area contributed by atoms with Gasteiger partial charge < -0.3 is 10.7 Å². The number of nitrogens with two attached hydrogens (primary N) is 1. The number of aromatic amines is 1. The molecule has 1 aromatic heterocycles. The van der Waals surface area contributed by atoms with Gasteiger partial charge in [-0.15, -0.1) is 12.4 Å². The molecular weight excluding hydrogens is 334 g/mol. The van der Waals surface area contributed by atoms with Crippen molar-refractivity contribution in [3.63, 3.8) is 0 Å². The van der Waals surface area contributed by atoms with Crippen molar-refractivity contribution in [3.8, 4) is 0 Å². The zero-order valence-electron chi connectivity index (χ0n) is 13.7. The van der Waals surface area contributed by atoms with Crippen LogP contribution in [0.15, 0.2) is 82.7 Å². The molecule has 0 radical (unpaired) electrons. The Balaban J connectivity index is 0.00000225. The van der Waals surface area contributed by atoms with Gasteiger partial charge in [-0.3, -0.25) is 9.79 Å². The molecule has 0 atom stereocenters. The summed E-state index contributed by atoms with van der Waals surface area (Å²) in [5.41, 5.74) is 9.43. The Labute approximate surface area is 152 Å². The van der Waals surface area contributed by atoms with Gasteiger partial charge in [-0.1, -0.05) is 60.7 Å². The van der Waals surface area contributed by atoms with Gasteiger partial charge in [0.2, 0.25) is 0 Å². The number of H-pyrrole nitrogens is 1. The summed E-state index contributed by atoms with van der Waals surface area (Å²) in [5, 5.41) is 0. The number of pyridine rings is 1. The topological polar surface area (TPSA) is 71.2 Å². The van der Waals surface area contributed by atoms with E-state index in [1.807, 2.05) is 66.7 Å². The van der Waals surface area contributed by atoms with E-state index in [2.05, 4.69) is 9.98 Å². The highest BCUT2D eigenvalue weighted by molar-refractivity contribution is 5.98. The van der Waals surface area contributed by atoms with Crippen LogP contribution >= 0.6 is 12.4 Å². The number of nitrogens with one attached hydrogen (secondary N) is 1. The van der Waals surface area contributed by atoms with Gasteiger partial charge in [-0.2, -0.15) is 0 Å². The zero-order valence-corrected chi connectivity index (χ0v) is 14.5. The Kier molecular flexibility index (Phi) is 6.54. The predicted octanol–water partition coefficient (Wildman–Crippen LogP) is 3.29. The summed E-state index contributed by atoms with van der Waals surface area (Å²) in [4.78, 5) is 19.4. The molecule has 0 aliphatic carbocycles. The third-order valence-electron chi connectivity index (χ3n) is 3.82.